The normalized spacial score (nSPS) is 19.7. The fourth-order valence-corrected chi connectivity index (χ4v) is 3.98. The molecule has 2 N–H and O–H groups in total. The Morgan fingerprint density at radius 3 is 2.00 bits per heavy atom. The topological polar surface area (TPSA) is 93.1 Å². The molecule has 3 rings (SSSR count). The first-order chi connectivity index (χ1) is 14.8. The van der Waals surface area contributed by atoms with E-state index in [9.17, 15) is 14.7 Å². The minimum atomic E-state index is -0.649. The van der Waals surface area contributed by atoms with E-state index in [1.807, 2.05) is 38.1 Å². The lowest BCUT2D eigenvalue weighted by Crippen LogP contribution is -2.29. The number of hydrogen-bond acceptors (Lipinski definition) is 7. The zero-order valence-corrected chi connectivity index (χ0v) is 18.5. The molecular formula is C24H28O6S. The van der Waals surface area contributed by atoms with Gasteiger partial charge in [-0.2, -0.15) is 0 Å². The second-order valence-electron chi connectivity index (χ2n) is 7.11. The summed E-state index contributed by atoms with van der Waals surface area (Å²) in [4.78, 5) is 24.5. The molecule has 2 aromatic carbocycles. The van der Waals surface area contributed by atoms with E-state index in [1.54, 1.807) is 24.3 Å². The van der Waals surface area contributed by atoms with Gasteiger partial charge in [-0.1, -0.05) is 41.5 Å². The van der Waals surface area contributed by atoms with Crippen molar-refractivity contribution < 1.29 is 29.3 Å². The summed E-state index contributed by atoms with van der Waals surface area (Å²) in [5.74, 6) is -0.870. The zero-order chi connectivity index (χ0) is 22.8. The summed E-state index contributed by atoms with van der Waals surface area (Å²) in [6.07, 6.45) is 1.24. The monoisotopic (exact) mass is 444 g/mol. The maximum Gasteiger partial charge on any atom is 0.338 e. The molecule has 1 aliphatic rings. The van der Waals surface area contributed by atoms with Gasteiger partial charge in [-0.3, -0.25) is 0 Å². The van der Waals surface area contributed by atoms with Gasteiger partial charge in [0.25, 0.3) is 0 Å². The summed E-state index contributed by atoms with van der Waals surface area (Å²) >= 11 is 1.25. The molecule has 0 aliphatic carbocycles. The number of esters is 2. The SMILES string of the molecule is C=CCO.Cc1ccc(C(=O)OC[C@@H]2SC(O)C[C@H]2OC(=O)c2ccc(C)cc2)cc1. The molecule has 3 atom stereocenters. The molecule has 1 aliphatic heterocycles. The molecule has 1 fully saturated rings. The lowest BCUT2D eigenvalue weighted by molar-refractivity contribution is 0.0178. The van der Waals surface area contributed by atoms with Gasteiger partial charge in [0, 0.05) is 6.42 Å². The van der Waals surface area contributed by atoms with E-state index in [0.29, 0.717) is 17.5 Å². The van der Waals surface area contributed by atoms with Crippen molar-refractivity contribution in [2.75, 3.05) is 13.2 Å². The minimum Gasteiger partial charge on any atom is -0.461 e. The lowest BCUT2D eigenvalue weighted by atomic mass is 10.1. The van der Waals surface area contributed by atoms with Crippen molar-refractivity contribution in [3.63, 3.8) is 0 Å². The van der Waals surface area contributed by atoms with Crippen LogP contribution in [0, 0.1) is 13.8 Å². The van der Waals surface area contributed by atoms with E-state index in [-0.39, 0.29) is 18.5 Å². The largest absolute Gasteiger partial charge is 0.461 e. The van der Waals surface area contributed by atoms with Crippen molar-refractivity contribution in [3.05, 3.63) is 83.4 Å². The van der Waals surface area contributed by atoms with Gasteiger partial charge >= 0.3 is 11.9 Å². The van der Waals surface area contributed by atoms with Crippen LogP contribution in [-0.4, -0.2) is 52.2 Å². The second kappa shape index (κ2) is 12.3. The number of aryl methyl sites for hydroxylation is 2. The molecule has 0 aromatic heterocycles. The van der Waals surface area contributed by atoms with E-state index in [0.717, 1.165) is 11.1 Å². The number of rotatable bonds is 6. The number of carbonyl (C=O) groups excluding carboxylic acids is 2. The standard InChI is InChI=1S/C21H22O5S.C3H6O/c1-13-3-7-15(8-4-13)20(23)25-12-18-17(11-19(22)27-18)26-21(24)16-9-5-14(2)6-10-16;1-2-3-4/h3-10,17-19,22H,11-12H2,1-2H3;2,4H,1,3H2/t17-,18+,19?;/m1./s1. The average molecular weight is 445 g/mol. The molecule has 0 spiro atoms. The number of aliphatic hydroxyl groups is 2. The zero-order valence-electron chi connectivity index (χ0n) is 17.7. The maximum absolute atomic E-state index is 12.3. The molecule has 1 unspecified atom stereocenters. The number of hydrogen-bond donors (Lipinski definition) is 2. The quantitative estimate of drug-likeness (QED) is 0.519. The van der Waals surface area contributed by atoms with Crippen LogP contribution < -0.4 is 0 Å². The van der Waals surface area contributed by atoms with E-state index < -0.39 is 23.5 Å². The van der Waals surface area contributed by atoms with Gasteiger partial charge in [-0.15, -0.1) is 18.3 Å². The molecule has 0 saturated carbocycles. The van der Waals surface area contributed by atoms with Crippen molar-refractivity contribution >= 4 is 23.7 Å². The Kier molecular flexibility index (Phi) is 9.78. The van der Waals surface area contributed by atoms with Crippen LogP contribution in [0.3, 0.4) is 0 Å². The predicted octanol–water partition coefficient (Wildman–Crippen LogP) is 3.67. The van der Waals surface area contributed by atoms with Gasteiger partial charge in [-0.25, -0.2) is 9.59 Å². The molecule has 0 bridgehead atoms. The van der Waals surface area contributed by atoms with Crippen molar-refractivity contribution in [3.8, 4) is 0 Å². The third-order valence-corrected chi connectivity index (χ3v) is 5.82. The van der Waals surface area contributed by atoms with Gasteiger partial charge in [-0.05, 0) is 38.1 Å². The first kappa shape index (κ1) is 24.7. The van der Waals surface area contributed by atoms with Crippen molar-refractivity contribution in [1.29, 1.82) is 0 Å². The molecule has 7 heteroatoms. The molecule has 6 nitrogen and oxygen atoms in total. The third kappa shape index (κ3) is 7.86. The average Bonchev–Trinajstić information content (AvgIpc) is 3.12. The number of benzene rings is 2. The van der Waals surface area contributed by atoms with Gasteiger partial charge in [0.05, 0.1) is 23.0 Å². The molecule has 31 heavy (non-hydrogen) atoms. The summed E-state index contributed by atoms with van der Waals surface area (Å²) in [6, 6.07) is 14.2. The minimum absolute atomic E-state index is 0.0697. The van der Waals surface area contributed by atoms with Crippen molar-refractivity contribution in [2.45, 2.75) is 37.1 Å². The molecule has 166 valence electrons. The number of thioether (sulfide) groups is 1. The Balaban J connectivity index is 0.000000785. The summed E-state index contributed by atoms with van der Waals surface area (Å²) < 4.78 is 10.9. The molecular weight excluding hydrogens is 416 g/mol. The lowest BCUT2D eigenvalue weighted by Gasteiger charge is -2.19. The van der Waals surface area contributed by atoms with Crippen molar-refractivity contribution in [1.82, 2.24) is 0 Å². The molecule has 2 aromatic rings. The highest BCUT2D eigenvalue weighted by molar-refractivity contribution is 8.00. The number of ether oxygens (including phenoxy) is 2. The van der Waals surface area contributed by atoms with E-state index >= 15 is 0 Å². The Morgan fingerprint density at radius 2 is 1.52 bits per heavy atom. The van der Waals surface area contributed by atoms with E-state index in [4.69, 9.17) is 14.6 Å². The summed E-state index contributed by atoms with van der Waals surface area (Å²) in [5, 5.41) is 17.4. The van der Waals surface area contributed by atoms with Crippen LogP contribution in [-0.2, 0) is 9.47 Å². The highest BCUT2D eigenvalue weighted by Crippen LogP contribution is 2.35. The second-order valence-corrected chi connectivity index (χ2v) is 8.53. The first-order valence-corrected chi connectivity index (χ1v) is 10.8. The maximum atomic E-state index is 12.3. The predicted molar refractivity (Wildman–Crippen MR) is 121 cm³/mol. The highest BCUT2D eigenvalue weighted by Gasteiger charge is 2.38. The highest BCUT2D eigenvalue weighted by atomic mass is 32.2. The molecule has 0 radical (unpaired) electrons. The molecule has 1 heterocycles. The van der Waals surface area contributed by atoms with Crippen molar-refractivity contribution in [2.24, 2.45) is 0 Å². The Hall–Kier alpha value is -2.61. The Morgan fingerprint density at radius 1 is 1.03 bits per heavy atom. The van der Waals surface area contributed by atoms with Crippen LogP contribution in [0.2, 0.25) is 0 Å². The Bertz CT molecular complexity index is 863. The van der Waals surface area contributed by atoms with Crippen LogP contribution in [0.25, 0.3) is 0 Å². The fraction of sp³-hybridized carbons (Fsp3) is 0.333. The van der Waals surface area contributed by atoms with E-state index in [1.165, 1.54) is 17.8 Å². The molecule has 0 amide bonds. The van der Waals surface area contributed by atoms with Gasteiger partial charge in [0.2, 0.25) is 0 Å². The number of aliphatic hydroxyl groups excluding tert-OH is 2. The summed E-state index contributed by atoms with van der Waals surface area (Å²) in [6.45, 7) is 7.27. The van der Waals surface area contributed by atoms with Gasteiger partial charge in [0.15, 0.2) is 0 Å². The van der Waals surface area contributed by atoms with E-state index in [2.05, 4.69) is 6.58 Å². The molecule has 1 saturated heterocycles. The first-order valence-electron chi connectivity index (χ1n) is 9.90. The summed E-state index contributed by atoms with van der Waals surface area (Å²) in [5.41, 5.74) is 2.40. The summed E-state index contributed by atoms with van der Waals surface area (Å²) in [7, 11) is 0. The van der Waals surface area contributed by atoms with Crippen LogP contribution in [0.4, 0.5) is 0 Å². The van der Waals surface area contributed by atoms with Gasteiger partial charge < -0.3 is 19.7 Å². The number of carbonyl (C=O) groups is 2. The fourth-order valence-electron chi connectivity index (χ4n) is 2.79. The van der Waals surface area contributed by atoms with Crippen LogP contribution >= 0.6 is 11.8 Å². The van der Waals surface area contributed by atoms with Crippen LogP contribution in [0.1, 0.15) is 38.3 Å². The van der Waals surface area contributed by atoms with Crippen LogP contribution in [0.5, 0.6) is 0 Å². The smallest absolute Gasteiger partial charge is 0.338 e. The third-order valence-electron chi connectivity index (χ3n) is 4.52. The van der Waals surface area contributed by atoms with Crippen LogP contribution in [0.15, 0.2) is 61.2 Å². The Labute approximate surface area is 186 Å². The van der Waals surface area contributed by atoms with Gasteiger partial charge in [0.1, 0.15) is 18.1 Å².